The third-order valence-electron chi connectivity index (χ3n) is 3.13. The molecule has 2 aromatic heterocycles. The Kier molecular flexibility index (Phi) is 2.57. The number of thiazole rings is 1. The molecule has 1 aliphatic heterocycles. The van der Waals surface area contributed by atoms with Crippen molar-refractivity contribution in [1.29, 1.82) is 0 Å². The number of hydrogen-bond acceptors (Lipinski definition) is 4. The molecule has 3 heterocycles. The number of aromatic nitrogens is 2. The van der Waals surface area contributed by atoms with E-state index >= 15 is 0 Å². The van der Waals surface area contributed by atoms with Gasteiger partial charge in [-0.25, -0.2) is 4.98 Å². The van der Waals surface area contributed by atoms with Gasteiger partial charge in [0, 0.05) is 31.1 Å². The maximum Gasteiger partial charge on any atom is 0.195 e. The van der Waals surface area contributed by atoms with Gasteiger partial charge in [0.05, 0.1) is 5.69 Å². The molecule has 1 saturated heterocycles. The van der Waals surface area contributed by atoms with Gasteiger partial charge in [-0.05, 0) is 19.4 Å². The molecule has 2 aromatic rings. The van der Waals surface area contributed by atoms with Gasteiger partial charge < -0.3 is 10.6 Å². The molecule has 0 unspecified atom stereocenters. The van der Waals surface area contributed by atoms with E-state index in [0.29, 0.717) is 6.54 Å². The molecule has 3 rings (SSSR count). The number of fused-ring (bicyclic) bond motifs is 1. The Morgan fingerprint density at radius 1 is 1.38 bits per heavy atom. The number of rotatable bonds is 3. The lowest BCUT2D eigenvalue weighted by atomic mass is 10.3. The van der Waals surface area contributed by atoms with Gasteiger partial charge >= 0.3 is 0 Å². The molecule has 5 heteroatoms. The fraction of sp³-hybridized carbons (Fsp3) is 0.545. The second-order valence-electron chi connectivity index (χ2n) is 4.17. The Morgan fingerprint density at radius 3 is 2.94 bits per heavy atom. The van der Waals surface area contributed by atoms with Crippen LogP contribution in [0.1, 0.15) is 18.5 Å². The van der Waals surface area contributed by atoms with Crippen LogP contribution in [-0.4, -0.2) is 29.0 Å². The van der Waals surface area contributed by atoms with E-state index in [2.05, 4.69) is 20.9 Å². The van der Waals surface area contributed by atoms with Gasteiger partial charge in [0.1, 0.15) is 0 Å². The number of anilines is 1. The van der Waals surface area contributed by atoms with Gasteiger partial charge in [0.15, 0.2) is 10.8 Å². The van der Waals surface area contributed by atoms with Crippen molar-refractivity contribution in [3.05, 3.63) is 17.3 Å². The third kappa shape index (κ3) is 1.51. The Morgan fingerprint density at radius 2 is 2.19 bits per heavy atom. The molecule has 4 nitrogen and oxygen atoms in total. The van der Waals surface area contributed by atoms with Crippen LogP contribution in [0.3, 0.4) is 0 Å². The van der Waals surface area contributed by atoms with Gasteiger partial charge in [0.2, 0.25) is 0 Å². The van der Waals surface area contributed by atoms with Crippen LogP contribution in [0.25, 0.3) is 4.96 Å². The van der Waals surface area contributed by atoms with E-state index in [1.54, 1.807) is 11.3 Å². The molecule has 0 aromatic carbocycles. The fourth-order valence-corrected chi connectivity index (χ4v) is 3.10. The van der Waals surface area contributed by atoms with Crippen molar-refractivity contribution in [2.75, 3.05) is 24.5 Å². The van der Waals surface area contributed by atoms with Crippen molar-refractivity contribution in [3.63, 3.8) is 0 Å². The van der Waals surface area contributed by atoms with Crippen LogP contribution in [0.15, 0.2) is 11.6 Å². The third-order valence-corrected chi connectivity index (χ3v) is 3.88. The fourth-order valence-electron chi connectivity index (χ4n) is 2.37. The average Bonchev–Trinajstić information content (AvgIpc) is 2.93. The lowest BCUT2D eigenvalue weighted by Crippen LogP contribution is -2.20. The molecule has 0 atom stereocenters. The van der Waals surface area contributed by atoms with E-state index in [4.69, 9.17) is 10.7 Å². The molecular formula is C11H16N4S. The first-order valence-electron chi connectivity index (χ1n) is 5.79. The lowest BCUT2D eigenvalue weighted by molar-refractivity contribution is 0.874. The molecule has 0 saturated carbocycles. The molecule has 86 valence electrons. The molecule has 0 amide bonds. The van der Waals surface area contributed by atoms with Crippen LogP contribution < -0.4 is 10.6 Å². The second kappa shape index (κ2) is 4.07. The maximum absolute atomic E-state index is 5.69. The van der Waals surface area contributed by atoms with Gasteiger partial charge in [-0.2, -0.15) is 0 Å². The van der Waals surface area contributed by atoms with Gasteiger partial charge in [-0.1, -0.05) is 0 Å². The lowest BCUT2D eigenvalue weighted by Gasteiger charge is -2.16. The normalized spacial score (nSPS) is 16.4. The van der Waals surface area contributed by atoms with E-state index in [1.165, 1.54) is 18.5 Å². The average molecular weight is 236 g/mol. The van der Waals surface area contributed by atoms with E-state index in [-0.39, 0.29) is 0 Å². The highest BCUT2D eigenvalue weighted by molar-refractivity contribution is 7.15. The first-order valence-corrected chi connectivity index (χ1v) is 6.67. The minimum atomic E-state index is 0.685. The molecular weight excluding hydrogens is 220 g/mol. The van der Waals surface area contributed by atoms with Crippen LogP contribution >= 0.6 is 11.3 Å². The highest BCUT2D eigenvalue weighted by Crippen LogP contribution is 2.27. The number of imidazole rings is 1. The predicted octanol–water partition coefficient (Wildman–Crippen LogP) is 1.50. The highest BCUT2D eigenvalue weighted by Gasteiger charge is 2.20. The van der Waals surface area contributed by atoms with Crippen LogP contribution in [0.2, 0.25) is 0 Å². The summed E-state index contributed by atoms with van der Waals surface area (Å²) in [5.74, 6) is 1.16. The largest absolute Gasteiger partial charge is 0.355 e. The maximum atomic E-state index is 5.69. The van der Waals surface area contributed by atoms with Crippen molar-refractivity contribution < 1.29 is 0 Å². The topological polar surface area (TPSA) is 46.6 Å². The molecule has 0 aliphatic carbocycles. The summed E-state index contributed by atoms with van der Waals surface area (Å²) in [5.41, 5.74) is 6.97. The minimum Gasteiger partial charge on any atom is -0.355 e. The van der Waals surface area contributed by atoms with E-state index in [1.807, 2.05) is 0 Å². The first-order chi connectivity index (χ1) is 7.90. The molecule has 1 fully saturated rings. The summed E-state index contributed by atoms with van der Waals surface area (Å²) < 4.78 is 2.19. The summed E-state index contributed by atoms with van der Waals surface area (Å²) in [6, 6.07) is 0. The molecule has 0 radical (unpaired) electrons. The monoisotopic (exact) mass is 236 g/mol. The molecule has 1 aliphatic rings. The van der Waals surface area contributed by atoms with Crippen LogP contribution in [0.4, 0.5) is 5.82 Å². The van der Waals surface area contributed by atoms with Crippen molar-refractivity contribution in [3.8, 4) is 0 Å². The van der Waals surface area contributed by atoms with E-state index in [9.17, 15) is 0 Å². The van der Waals surface area contributed by atoms with E-state index in [0.717, 1.165) is 30.3 Å². The van der Waals surface area contributed by atoms with Gasteiger partial charge in [-0.3, -0.25) is 4.40 Å². The zero-order chi connectivity index (χ0) is 11.0. The Balaban J connectivity index is 2.06. The number of nitrogens with zero attached hydrogens (tertiary/aromatic N) is 3. The zero-order valence-corrected chi connectivity index (χ0v) is 10.0. The minimum absolute atomic E-state index is 0.685. The molecule has 16 heavy (non-hydrogen) atoms. The first kappa shape index (κ1) is 10.1. The number of nitrogens with two attached hydrogens (primary N) is 1. The summed E-state index contributed by atoms with van der Waals surface area (Å²) >= 11 is 1.69. The van der Waals surface area contributed by atoms with Crippen molar-refractivity contribution >= 4 is 22.1 Å². The smallest absolute Gasteiger partial charge is 0.195 e. The van der Waals surface area contributed by atoms with Crippen molar-refractivity contribution in [2.24, 2.45) is 5.73 Å². The molecule has 2 N–H and O–H groups in total. The van der Waals surface area contributed by atoms with Gasteiger partial charge in [-0.15, -0.1) is 11.3 Å². The Bertz CT molecular complexity index is 481. The zero-order valence-electron chi connectivity index (χ0n) is 9.22. The standard InChI is InChI=1S/C11H16N4S/c12-4-3-9-10(14-5-1-2-6-14)13-11-15(9)7-8-16-11/h7-8H,1-6,12H2. The summed E-state index contributed by atoms with van der Waals surface area (Å²) in [6.45, 7) is 2.97. The molecule has 0 bridgehead atoms. The Labute approximate surface area is 98.7 Å². The summed E-state index contributed by atoms with van der Waals surface area (Å²) in [7, 11) is 0. The van der Waals surface area contributed by atoms with Crippen molar-refractivity contribution in [2.45, 2.75) is 19.3 Å². The second-order valence-corrected chi connectivity index (χ2v) is 5.04. The SMILES string of the molecule is NCCc1c(N2CCCC2)nc2sccn12. The molecule has 0 spiro atoms. The summed E-state index contributed by atoms with van der Waals surface area (Å²) in [4.78, 5) is 8.21. The van der Waals surface area contributed by atoms with Gasteiger partial charge in [0.25, 0.3) is 0 Å². The number of hydrogen-bond donors (Lipinski definition) is 1. The van der Waals surface area contributed by atoms with Crippen LogP contribution in [-0.2, 0) is 6.42 Å². The predicted molar refractivity (Wildman–Crippen MR) is 67.3 cm³/mol. The van der Waals surface area contributed by atoms with Crippen LogP contribution in [0, 0.1) is 0 Å². The quantitative estimate of drug-likeness (QED) is 0.878. The highest BCUT2D eigenvalue weighted by atomic mass is 32.1. The Hall–Kier alpha value is -1.07. The van der Waals surface area contributed by atoms with Crippen molar-refractivity contribution in [1.82, 2.24) is 9.38 Å². The van der Waals surface area contributed by atoms with Crippen LogP contribution in [0.5, 0.6) is 0 Å². The summed E-state index contributed by atoms with van der Waals surface area (Å²) in [5, 5.41) is 2.08. The summed E-state index contributed by atoms with van der Waals surface area (Å²) in [6.07, 6.45) is 5.57. The van der Waals surface area contributed by atoms with E-state index < -0.39 is 0 Å².